The Balaban J connectivity index is 1.73. The third-order valence-electron chi connectivity index (χ3n) is 4.18. The Morgan fingerprint density at radius 1 is 0.909 bits per heavy atom. The van der Waals surface area contributed by atoms with Crippen LogP contribution in [0.3, 0.4) is 0 Å². The zero-order chi connectivity index (χ0) is 15.5. The molecule has 0 radical (unpaired) electrons. The molecule has 0 amide bonds. The lowest BCUT2D eigenvalue weighted by molar-refractivity contribution is 0.636. The van der Waals surface area contributed by atoms with Crippen molar-refractivity contribution in [3.63, 3.8) is 0 Å². The molecule has 6 nitrogen and oxygen atoms in total. The average molecular weight is 298 g/mol. The average Bonchev–Trinajstić information content (AvgIpc) is 2.55. The van der Waals surface area contributed by atoms with Crippen LogP contribution in [0.1, 0.15) is 23.9 Å². The summed E-state index contributed by atoms with van der Waals surface area (Å²) in [6.45, 7) is 10.0. The van der Waals surface area contributed by atoms with Gasteiger partial charge in [-0.2, -0.15) is 0 Å². The zero-order valence-corrected chi connectivity index (χ0v) is 13.5. The first-order valence-electron chi connectivity index (χ1n) is 7.78. The van der Waals surface area contributed by atoms with Crippen LogP contribution in [0.5, 0.6) is 0 Å². The van der Waals surface area contributed by atoms with Crippen molar-refractivity contribution in [1.29, 1.82) is 0 Å². The van der Waals surface area contributed by atoms with E-state index < -0.39 is 0 Å². The molecule has 6 heteroatoms. The van der Waals surface area contributed by atoms with Crippen LogP contribution in [-0.2, 0) is 6.42 Å². The van der Waals surface area contributed by atoms with Crippen LogP contribution in [-0.4, -0.2) is 46.1 Å². The van der Waals surface area contributed by atoms with E-state index in [0.29, 0.717) is 0 Å². The lowest BCUT2D eigenvalue weighted by atomic mass is 10.1. The van der Waals surface area contributed by atoms with Gasteiger partial charge in [0.15, 0.2) is 0 Å². The second-order valence-corrected chi connectivity index (χ2v) is 5.61. The van der Waals surface area contributed by atoms with Crippen molar-refractivity contribution in [3.05, 3.63) is 35.7 Å². The van der Waals surface area contributed by atoms with Gasteiger partial charge in [-0.3, -0.25) is 0 Å². The van der Waals surface area contributed by atoms with Gasteiger partial charge in [0.25, 0.3) is 0 Å². The lowest BCUT2D eigenvalue weighted by Crippen LogP contribution is -2.47. The second-order valence-electron chi connectivity index (χ2n) is 5.61. The van der Waals surface area contributed by atoms with Crippen LogP contribution < -0.4 is 9.80 Å². The summed E-state index contributed by atoms with van der Waals surface area (Å²) in [5, 5.41) is 0. The molecule has 116 valence electrons. The highest BCUT2D eigenvalue weighted by atomic mass is 15.3. The summed E-state index contributed by atoms with van der Waals surface area (Å²) in [7, 11) is 0. The number of aryl methyl sites for hydroxylation is 2. The maximum absolute atomic E-state index is 4.52. The van der Waals surface area contributed by atoms with Crippen molar-refractivity contribution < 1.29 is 0 Å². The topological polar surface area (TPSA) is 58.0 Å². The number of rotatable bonds is 3. The Kier molecular flexibility index (Phi) is 4.18. The number of hydrogen-bond donors (Lipinski definition) is 0. The predicted molar refractivity (Wildman–Crippen MR) is 87.3 cm³/mol. The Labute approximate surface area is 131 Å². The molecule has 22 heavy (non-hydrogen) atoms. The molecule has 1 saturated heterocycles. The van der Waals surface area contributed by atoms with Crippen molar-refractivity contribution in [1.82, 2.24) is 19.9 Å². The molecule has 1 aliphatic rings. The van der Waals surface area contributed by atoms with Crippen molar-refractivity contribution in [3.8, 4) is 0 Å². The lowest BCUT2D eigenvalue weighted by Gasteiger charge is -2.36. The number of anilines is 2. The minimum atomic E-state index is 0.947. The second kappa shape index (κ2) is 6.25. The monoisotopic (exact) mass is 298 g/mol. The van der Waals surface area contributed by atoms with E-state index in [1.807, 2.05) is 13.0 Å². The fourth-order valence-corrected chi connectivity index (χ4v) is 2.94. The highest BCUT2D eigenvalue weighted by molar-refractivity contribution is 5.50. The van der Waals surface area contributed by atoms with Gasteiger partial charge in [0.05, 0.1) is 0 Å². The van der Waals surface area contributed by atoms with E-state index in [1.54, 1.807) is 12.7 Å². The van der Waals surface area contributed by atoms with E-state index in [2.05, 4.69) is 43.6 Å². The van der Waals surface area contributed by atoms with Crippen LogP contribution in [0, 0.1) is 13.8 Å². The maximum Gasteiger partial charge on any atom is 0.135 e. The van der Waals surface area contributed by atoms with Gasteiger partial charge < -0.3 is 9.80 Å². The van der Waals surface area contributed by atoms with Crippen molar-refractivity contribution in [2.75, 3.05) is 36.0 Å². The van der Waals surface area contributed by atoms with Gasteiger partial charge in [0, 0.05) is 49.2 Å². The Bertz CT molecular complexity index is 649. The first-order chi connectivity index (χ1) is 10.7. The van der Waals surface area contributed by atoms with Crippen LogP contribution in [0.15, 0.2) is 18.7 Å². The van der Waals surface area contributed by atoms with Crippen molar-refractivity contribution in [2.45, 2.75) is 27.2 Å². The summed E-state index contributed by atoms with van der Waals surface area (Å²) in [6.07, 6.45) is 4.28. The largest absolute Gasteiger partial charge is 0.353 e. The van der Waals surface area contributed by atoms with E-state index in [-0.39, 0.29) is 0 Å². The molecule has 0 aromatic carbocycles. The number of hydrogen-bond acceptors (Lipinski definition) is 6. The van der Waals surface area contributed by atoms with Gasteiger partial charge in [-0.1, -0.05) is 6.92 Å². The van der Waals surface area contributed by atoms with E-state index in [0.717, 1.165) is 55.6 Å². The summed E-state index contributed by atoms with van der Waals surface area (Å²) in [5.41, 5.74) is 3.35. The molecule has 0 unspecified atom stereocenters. The molecule has 0 saturated carbocycles. The zero-order valence-electron chi connectivity index (χ0n) is 13.5. The van der Waals surface area contributed by atoms with Crippen LogP contribution in [0.25, 0.3) is 0 Å². The molecule has 3 rings (SSSR count). The molecule has 0 N–H and O–H groups in total. The van der Waals surface area contributed by atoms with Gasteiger partial charge in [0.2, 0.25) is 0 Å². The first-order valence-corrected chi connectivity index (χ1v) is 7.78. The normalized spacial score (nSPS) is 15.2. The quantitative estimate of drug-likeness (QED) is 0.861. The minimum absolute atomic E-state index is 0.947. The Hall–Kier alpha value is -2.24. The van der Waals surface area contributed by atoms with Gasteiger partial charge in [-0.25, -0.2) is 19.9 Å². The Morgan fingerprint density at radius 3 is 2.27 bits per heavy atom. The summed E-state index contributed by atoms with van der Waals surface area (Å²) >= 11 is 0. The van der Waals surface area contributed by atoms with Gasteiger partial charge in [0.1, 0.15) is 24.3 Å². The molecule has 3 heterocycles. The van der Waals surface area contributed by atoms with E-state index >= 15 is 0 Å². The molecule has 0 bridgehead atoms. The van der Waals surface area contributed by atoms with Crippen LogP contribution >= 0.6 is 0 Å². The van der Waals surface area contributed by atoms with Gasteiger partial charge in [-0.05, 0) is 20.3 Å². The van der Waals surface area contributed by atoms with Gasteiger partial charge >= 0.3 is 0 Å². The summed E-state index contributed by atoms with van der Waals surface area (Å²) in [5.74, 6) is 2.11. The fraction of sp³-hybridized carbons (Fsp3) is 0.500. The molecule has 1 fully saturated rings. The number of aromatic nitrogens is 4. The molecule has 2 aromatic rings. The number of piperazine rings is 1. The summed E-state index contributed by atoms with van der Waals surface area (Å²) in [6, 6.07) is 2.04. The smallest absolute Gasteiger partial charge is 0.135 e. The predicted octanol–water partition coefficient (Wildman–Crippen LogP) is 1.77. The maximum atomic E-state index is 4.52. The molecule has 0 aliphatic carbocycles. The molecule has 0 atom stereocenters. The summed E-state index contributed by atoms with van der Waals surface area (Å²) < 4.78 is 0. The Morgan fingerprint density at radius 2 is 1.59 bits per heavy atom. The number of nitrogens with zero attached hydrogens (tertiary/aromatic N) is 6. The molecule has 2 aromatic heterocycles. The highest BCUT2D eigenvalue weighted by Crippen LogP contribution is 2.22. The minimum Gasteiger partial charge on any atom is -0.353 e. The third kappa shape index (κ3) is 2.86. The summed E-state index contributed by atoms with van der Waals surface area (Å²) in [4.78, 5) is 22.0. The van der Waals surface area contributed by atoms with E-state index in [4.69, 9.17) is 0 Å². The van der Waals surface area contributed by atoms with Gasteiger partial charge in [-0.15, -0.1) is 0 Å². The van der Waals surface area contributed by atoms with Crippen LogP contribution in [0.2, 0.25) is 0 Å². The first kappa shape index (κ1) is 14.7. The van der Waals surface area contributed by atoms with E-state index in [1.165, 1.54) is 5.56 Å². The highest BCUT2D eigenvalue weighted by Gasteiger charge is 2.21. The SMILES string of the molecule is CCc1c(C)ncnc1N1CCN(c2cc(C)ncn2)CC1. The van der Waals surface area contributed by atoms with Crippen molar-refractivity contribution in [2.24, 2.45) is 0 Å². The van der Waals surface area contributed by atoms with Crippen LogP contribution in [0.4, 0.5) is 11.6 Å². The molecular formula is C16H22N6. The van der Waals surface area contributed by atoms with E-state index in [9.17, 15) is 0 Å². The fourth-order valence-electron chi connectivity index (χ4n) is 2.94. The molecule has 0 spiro atoms. The molecule has 1 aliphatic heterocycles. The standard InChI is InChI=1S/C16H22N6/c1-4-14-13(3)18-11-20-16(14)22-7-5-21(6-8-22)15-9-12(2)17-10-19-15/h9-11H,4-8H2,1-3H3. The molecular weight excluding hydrogens is 276 g/mol. The van der Waals surface area contributed by atoms with Crippen molar-refractivity contribution >= 4 is 11.6 Å². The third-order valence-corrected chi connectivity index (χ3v) is 4.18.